The second kappa shape index (κ2) is 7.17. The molecule has 27 heavy (non-hydrogen) atoms. The topological polar surface area (TPSA) is 59.8 Å². The molecule has 0 atom stereocenters. The van der Waals surface area contributed by atoms with Crippen LogP contribution in [0.15, 0.2) is 66.3 Å². The monoisotopic (exact) mass is 374 g/mol. The normalized spacial score (nSPS) is 10.7. The largest absolute Gasteiger partial charge is 0.298 e. The van der Waals surface area contributed by atoms with Gasteiger partial charge in [-0.3, -0.25) is 10.1 Å². The lowest BCUT2D eigenvalue weighted by molar-refractivity contribution is 0.102. The van der Waals surface area contributed by atoms with Crippen LogP contribution in [0.1, 0.15) is 21.5 Å². The van der Waals surface area contributed by atoms with Crippen molar-refractivity contribution in [3.63, 3.8) is 0 Å². The van der Waals surface area contributed by atoms with Crippen LogP contribution in [0.2, 0.25) is 0 Å². The molecule has 5 nitrogen and oxygen atoms in total. The highest BCUT2D eigenvalue weighted by Gasteiger charge is 2.20. The molecular weight excluding hydrogens is 356 g/mol. The molecule has 4 rings (SSSR count). The van der Waals surface area contributed by atoms with E-state index in [9.17, 15) is 4.79 Å². The van der Waals surface area contributed by atoms with Crippen molar-refractivity contribution >= 4 is 22.4 Å². The molecule has 4 aromatic rings. The number of carbonyl (C=O) groups is 1. The fraction of sp³-hybridized carbons (Fsp3) is 0.0952. The van der Waals surface area contributed by atoms with Gasteiger partial charge in [-0.25, -0.2) is 9.67 Å². The number of hydrogen-bond donors (Lipinski definition) is 1. The van der Waals surface area contributed by atoms with E-state index >= 15 is 0 Å². The van der Waals surface area contributed by atoms with Crippen LogP contribution in [0.5, 0.6) is 0 Å². The third-order valence-electron chi connectivity index (χ3n) is 4.27. The van der Waals surface area contributed by atoms with Crippen LogP contribution in [0, 0.1) is 13.8 Å². The Kier molecular flexibility index (Phi) is 4.56. The minimum atomic E-state index is -0.220. The summed E-state index contributed by atoms with van der Waals surface area (Å²) in [5.41, 5.74) is 5.27. The van der Waals surface area contributed by atoms with Gasteiger partial charge in [-0.2, -0.15) is 5.10 Å². The second-order valence-electron chi connectivity index (χ2n) is 6.28. The van der Waals surface area contributed by atoms with Crippen molar-refractivity contribution in [3.05, 3.63) is 83.0 Å². The van der Waals surface area contributed by atoms with Crippen LogP contribution in [0.4, 0.5) is 5.13 Å². The Bertz CT molecular complexity index is 1080. The number of benzene rings is 2. The van der Waals surface area contributed by atoms with Crippen molar-refractivity contribution in [1.82, 2.24) is 14.8 Å². The lowest BCUT2D eigenvalue weighted by Gasteiger charge is -2.07. The zero-order valence-corrected chi connectivity index (χ0v) is 15.8. The Morgan fingerprint density at radius 3 is 2.63 bits per heavy atom. The number of nitrogens with one attached hydrogen (secondary N) is 1. The van der Waals surface area contributed by atoms with Gasteiger partial charge in [-0.1, -0.05) is 42.0 Å². The van der Waals surface area contributed by atoms with E-state index in [2.05, 4.69) is 23.3 Å². The molecule has 6 heteroatoms. The number of thiazole rings is 1. The molecule has 0 fully saturated rings. The van der Waals surface area contributed by atoms with Crippen molar-refractivity contribution in [1.29, 1.82) is 0 Å². The van der Waals surface area contributed by atoms with Crippen LogP contribution in [-0.4, -0.2) is 20.7 Å². The molecule has 0 spiro atoms. The van der Waals surface area contributed by atoms with Crippen molar-refractivity contribution < 1.29 is 4.79 Å². The van der Waals surface area contributed by atoms with E-state index in [4.69, 9.17) is 5.10 Å². The van der Waals surface area contributed by atoms with Crippen LogP contribution in [-0.2, 0) is 0 Å². The highest BCUT2D eigenvalue weighted by atomic mass is 32.1. The first-order chi connectivity index (χ1) is 13.1. The number of hydrogen-bond acceptors (Lipinski definition) is 4. The smallest absolute Gasteiger partial charge is 0.261 e. The number of nitrogens with zero attached hydrogens (tertiary/aromatic N) is 3. The summed E-state index contributed by atoms with van der Waals surface area (Å²) >= 11 is 1.39. The molecule has 0 saturated heterocycles. The van der Waals surface area contributed by atoms with E-state index in [1.165, 1.54) is 16.9 Å². The Morgan fingerprint density at radius 2 is 1.93 bits per heavy atom. The van der Waals surface area contributed by atoms with Gasteiger partial charge in [0, 0.05) is 23.3 Å². The molecule has 0 aliphatic heterocycles. The highest BCUT2D eigenvalue weighted by molar-refractivity contribution is 7.13. The molecule has 0 aliphatic rings. The molecule has 2 aromatic carbocycles. The number of para-hydroxylation sites is 1. The molecule has 0 aliphatic carbocycles. The van der Waals surface area contributed by atoms with Gasteiger partial charge >= 0.3 is 0 Å². The fourth-order valence-corrected chi connectivity index (χ4v) is 3.50. The first kappa shape index (κ1) is 17.2. The standard InChI is InChI=1S/C21H18N4OS/c1-14-8-9-17(15(2)12-14)19-18(20(26)23-21-22-10-11-27-21)13-25(24-19)16-6-4-3-5-7-16/h3-13H,1-2H3,(H,22,23,26). The lowest BCUT2D eigenvalue weighted by atomic mass is 10.0. The maximum absolute atomic E-state index is 12.9. The number of amides is 1. The number of carbonyl (C=O) groups excluding carboxylic acids is 1. The number of rotatable bonds is 4. The van der Waals surface area contributed by atoms with Gasteiger partial charge < -0.3 is 0 Å². The SMILES string of the molecule is Cc1ccc(-c2nn(-c3ccccc3)cc2C(=O)Nc2nccs2)c(C)c1. The first-order valence-electron chi connectivity index (χ1n) is 8.55. The average molecular weight is 374 g/mol. The molecule has 2 aromatic heterocycles. The van der Waals surface area contributed by atoms with Gasteiger partial charge in [-0.05, 0) is 31.5 Å². The summed E-state index contributed by atoms with van der Waals surface area (Å²) in [5, 5.41) is 9.99. The van der Waals surface area contributed by atoms with Crippen molar-refractivity contribution in [3.8, 4) is 16.9 Å². The van der Waals surface area contributed by atoms with E-state index in [-0.39, 0.29) is 5.91 Å². The Morgan fingerprint density at radius 1 is 1.11 bits per heavy atom. The van der Waals surface area contributed by atoms with Crippen LogP contribution >= 0.6 is 11.3 Å². The second-order valence-corrected chi connectivity index (χ2v) is 7.18. The predicted molar refractivity (Wildman–Crippen MR) is 109 cm³/mol. The summed E-state index contributed by atoms with van der Waals surface area (Å²) in [6, 6.07) is 15.9. The van der Waals surface area contributed by atoms with Gasteiger partial charge in [0.15, 0.2) is 5.13 Å². The molecule has 0 bridgehead atoms. The molecule has 1 N–H and O–H groups in total. The van der Waals surface area contributed by atoms with Gasteiger partial charge in [0.2, 0.25) is 0 Å². The molecule has 1 amide bonds. The van der Waals surface area contributed by atoms with Crippen LogP contribution in [0.25, 0.3) is 16.9 Å². The van der Waals surface area contributed by atoms with Crippen molar-refractivity contribution in [2.24, 2.45) is 0 Å². The average Bonchev–Trinajstić information content (AvgIpc) is 3.32. The van der Waals surface area contributed by atoms with Gasteiger partial charge in [0.1, 0.15) is 5.69 Å². The summed E-state index contributed by atoms with van der Waals surface area (Å²) in [6.45, 7) is 4.09. The summed E-state index contributed by atoms with van der Waals surface area (Å²) in [4.78, 5) is 17.1. The summed E-state index contributed by atoms with van der Waals surface area (Å²) in [5.74, 6) is -0.220. The summed E-state index contributed by atoms with van der Waals surface area (Å²) in [6.07, 6.45) is 3.44. The molecule has 0 saturated carbocycles. The van der Waals surface area contributed by atoms with Crippen LogP contribution < -0.4 is 5.32 Å². The molecule has 0 unspecified atom stereocenters. The quantitative estimate of drug-likeness (QED) is 0.555. The summed E-state index contributed by atoms with van der Waals surface area (Å²) in [7, 11) is 0. The van der Waals surface area contributed by atoms with E-state index in [1.807, 2.05) is 54.8 Å². The third kappa shape index (κ3) is 3.52. The predicted octanol–water partition coefficient (Wildman–Crippen LogP) is 4.86. The van der Waals surface area contributed by atoms with E-state index in [1.54, 1.807) is 17.1 Å². The zero-order chi connectivity index (χ0) is 18.8. The Labute approximate surface area is 161 Å². The number of aryl methyl sites for hydroxylation is 2. The number of aromatic nitrogens is 3. The highest BCUT2D eigenvalue weighted by Crippen LogP contribution is 2.28. The van der Waals surface area contributed by atoms with Crippen molar-refractivity contribution in [2.45, 2.75) is 13.8 Å². The van der Waals surface area contributed by atoms with Crippen molar-refractivity contribution in [2.75, 3.05) is 5.32 Å². The maximum atomic E-state index is 12.9. The zero-order valence-electron chi connectivity index (χ0n) is 15.0. The first-order valence-corrected chi connectivity index (χ1v) is 9.43. The molecule has 2 heterocycles. The lowest BCUT2D eigenvalue weighted by Crippen LogP contribution is -2.12. The third-order valence-corrected chi connectivity index (χ3v) is 4.96. The van der Waals surface area contributed by atoms with E-state index < -0.39 is 0 Å². The Balaban J connectivity index is 1.82. The van der Waals surface area contributed by atoms with E-state index in [0.717, 1.165) is 16.8 Å². The van der Waals surface area contributed by atoms with Gasteiger partial charge in [-0.15, -0.1) is 11.3 Å². The molecular formula is C21H18N4OS. The number of anilines is 1. The Hall–Kier alpha value is -3.25. The molecule has 134 valence electrons. The fourth-order valence-electron chi connectivity index (χ4n) is 2.98. The molecule has 0 radical (unpaired) electrons. The van der Waals surface area contributed by atoms with Gasteiger partial charge in [0.05, 0.1) is 11.3 Å². The van der Waals surface area contributed by atoms with Crippen LogP contribution in [0.3, 0.4) is 0 Å². The van der Waals surface area contributed by atoms with Gasteiger partial charge in [0.25, 0.3) is 5.91 Å². The maximum Gasteiger partial charge on any atom is 0.261 e. The minimum Gasteiger partial charge on any atom is -0.298 e. The van der Waals surface area contributed by atoms with E-state index in [0.29, 0.717) is 16.4 Å². The summed E-state index contributed by atoms with van der Waals surface area (Å²) < 4.78 is 1.74. The minimum absolute atomic E-state index is 0.220.